The van der Waals surface area contributed by atoms with Crippen molar-refractivity contribution in [2.45, 2.75) is 52.0 Å². The van der Waals surface area contributed by atoms with Gasteiger partial charge < -0.3 is 4.52 Å². The Balaban J connectivity index is 1.45. The van der Waals surface area contributed by atoms with E-state index in [1.165, 1.54) is 16.5 Å². The second kappa shape index (κ2) is 7.16. The molecule has 4 rings (SSSR count). The van der Waals surface area contributed by atoms with Crippen LogP contribution in [0.4, 0.5) is 0 Å². The summed E-state index contributed by atoms with van der Waals surface area (Å²) >= 11 is 0. The maximum Gasteiger partial charge on any atom is 0.229 e. The SMILES string of the molecule is Cc1ccc2ncccc2c1CN1CCC(c2nc(C(C)C)no2)CC1. The number of piperidine rings is 1. The molecule has 2 aromatic heterocycles. The minimum atomic E-state index is 0.315. The number of aryl methyl sites for hydroxylation is 1. The van der Waals surface area contributed by atoms with Gasteiger partial charge in [0.2, 0.25) is 5.89 Å². The van der Waals surface area contributed by atoms with Crippen molar-refractivity contribution in [1.29, 1.82) is 0 Å². The van der Waals surface area contributed by atoms with Crippen molar-refractivity contribution in [1.82, 2.24) is 20.0 Å². The summed E-state index contributed by atoms with van der Waals surface area (Å²) in [6, 6.07) is 8.51. The zero-order valence-corrected chi connectivity index (χ0v) is 15.8. The highest BCUT2D eigenvalue weighted by Gasteiger charge is 2.26. The van der Waals surface area contributed by atoms with E-state index < -0.39 is 0 Å². The third-order valence-electron chi connectivity index (χ3n) is 5.42. The summed E-state index contributed by atoms with van der Waals surface area (Å²) in [5.74, 6) is 2.34. The van der Waals surface area contributed by atoms with Crippen LogP contribution in [0.25, 0.3) is 10.9 Å². The van der Waals surface area contributed by atoms with Gasteiger partial charge in [-0.15, -0.1) is 0 Å². The topological polar surface area (TPSA) is 55.1 Å². The average Bonchev–Trinajstić information content (AvgIpc) is 3.15. The predicted octanol–water partition coefficient (Wildman–Crippen LogP) is 4.43. The monoisotopic (exact) mass is 350 g/mol. The normalized spacial score (nSPS) is 16.6. The van der Waals surface area contributed by atoms with E-state index in [9.17, 15) is 0 Å². The molecule has 1 saturated heterocycles. The molecule has 0 aliphatic carbocycles. The predicted molar refractivity (Wildman–Crippen MR) is 102 cm³/mol. The molecule has 1 fully saturated rings. The molecule has 26 heavy (non-hydrogen) atoms. The molecule has 0 unspecified atom stereocenters. The average molecular weight is 350 g/mol. The molecule has 3 aromatic rings. The lowest BCUT2D eigenvalue weighted by Gasteiger charge is -2.31. The van der Waals surface area contributed by atoms with Crippen LogP contribution in [0.1, 0.15) is 61.4 Å². The molecular weight excluding hydrogens is 324 g/mol. The Hall–Kier alpha value is -2.27. The molecule has 0 bridgehead atoms. The highest BCUT2D eigenvalue weighted by molar-refractivity contribution is 5.83. The van der Waals surface area contributed by atoms with Gasteiger partial charge in [0.05, 0.1) is 5.52 Å². The van der Waals surface area contributed by atoms with Crippen LogP contribution >= 0.6 is 0 Å². The van der Waals surface area contributed by atoms with Crippen molar-refractivity contribution in [3.05, 3.63) is 53.3 Å². The Bertz CT molecular complexity index is 894. The molecule has 1 aromatic carbocycles. The maximum absolute atomic E-state index is 5.51. The lowest BCUT2D eigenvalue weighted by molar-refractivity contribution is 0.188. The fourth-order valence-corrected chi connectivity index (χ4v) is 3.74. The molecule has 0 amide bonds. The molecule has 0 radical (unpaired) electrons. The van der Waals surface area contributed by atoms with Gasteiger partial charge in [0.15, 0.2) is 5.82 Å². The number of fused-ring (bicyclic) bond motifs is 1. The summed E-state index contributed by atoms with van der Waals surface area (Å²) in [6.45, 7) is 9.47. The van der Waals surface area contributed by atoms with Gasteiger partial charge in [0, 0.05) is 30.0 Å². The molecule has 3 heterocycles. The van der Waals surface area contributed by atoms with Crippen molar-refractivity contribution in [3.8, 4) is 0 Å². The third kappa shape index (κ3) is 3.36. The molecule has 0 N–H and O–H groups in total. The van der Waals surface area contributed by atoms with E-state index in [0.29, 0.717) is 11.8 Å². The third-order valence-corrected chi connectivity index (χ3v) is 5.42. The summed E-state index contributed by atoms with van der Waals surface area (Å²) in [5.41, 5.74) is 3.81. The van der Waals surface area contributed by atoms with Crippen molar-refractivity contribution in [2.24, 2.45) is 0 Å². The lowest BCUT2D eigenvalue weighted by atomic mass is 9.95. The number of nitrogens with zero attached hydrogens (tertiary/aromatic N) is 4. The Labute approximate surface area is 154 Å². The number of hydrogen-bond acceptors (Lipinski definition) is 5. The van der Waals surface area contributed by atoms with Crippen molar-refractivity contribution >= 4 is 10.9 Å². The Kier molecular flexibility index (Phi) is 4.72. The minimum absolute atomic E-state index is 0.315. The molecule has 1 aliphatic heterocycles. The van der Waals surface area contributed by atoms with E-state index in [0.717, 1.165) is 49.7 Å². The molecule has 136 valence electrons. The van der Waals surface area contributed by atoms with Crippen molar-refractivity contribution < 1.29 is 4.52 Å². The van der Waals surface area contributed by atoms with Crippen molar-refractivity contribution in [2.75, 3.05) is 13.1 Å². The van der Waals surface area contributed by atoms with E-state index in [4.69, 9.17) is 4.52 Å². The number of hydrogen-bond donors (Lipinski definition) is 0. The lowest BCUT2D eigenvalue weighted by Crippen LogP contribution is -2.32. The van der Waals surface area contributed by atoms with Crippen LogP contribution in [0.2, 0.25) is 0 Å². The van der Waals surface area contributed by atoms with Crippen LogP contribution in [0, 0.1) is 6.92 Å². The highest BCUT2D eigenvalue weighted by atomic mass is 16.5. The molecule has 0 spiro atoms. The summed E-state index contributed by atoms with van der Waals surface area (Å²) < 4.78 is 5.51. The van der Waals surface area contributed by atoms with Gasteiger partial charge in [-0.05, 0) is 56.1 Å². The molecule has 1 aliphatic rings. The number of benzene rings is 1. The van der Waals surface area contributed by atoms with E-state index >= 15 is 0 Å². The van der Waals surface area contributed by atoms with Gasteiger partial charge in [-0.25, -0.2) is 0 Å². The summed E-state index contributed by atoms with van der Waals surface area (Å²) in [7, 11) is 0. The van der Waals surface area contributed by atoms with Crippen LogP contribution in [0.15, 0.2) is 35.0 Å². The number of likely N-dealkylation sites (tertiary alicyclic amines) is 1. The van der Waals surface area contributed by atoms with Crippen LogP contribution in [-0.4, -0.2) is 33.1 Å². The van der Waals surface area contributed by atoms with Gasteiger partial charge in [-0.3, -0.25) is 9.88 Å². The van der Waals surface area contributed by atoms with Crippen LogP contribution < -0.4 is 0 Å². The van der Waals surface area contributed by atoms with Gasteiger partial charge >= 0.3 is 0 Å². The van der Waals surface area contributed by atoms with Crippen LogP contribution in [0.5, 0.6) is 0 Å². The van der Waals surface area contributed by atoms with Gasteiger partial charge in [-0.1, -0.05) is 31.1 Å². The minimum Gasteiger partial charge on any atom is -0.339 e. The molecular formula is C21H26N4O. The van der Waals surface area contributed by atoms with Crippen LogP contribution in [0.3, 0.4) is 0 Å². The summed E-state index contributed by atoms with van der Waals surface area (Å²) in [5, 5.41) is 5.39. The summed E-state index contributed by atoms with van der Waals surface area (Å²) in [4.78, 5) is 11.6. The molecule has 5 nitrogen and oxygen atoms in total. The fourth-order valence-electron chi connectivity index (χ4n) is 3.74. The van der Waals surface area contributed by atoms with Gasteiger partial charge in [0.1, 0.15) is 0 Å². The smallest absolute Gasteiger partial charge is 0.229 e. The first-order valence-corrected chi connectivity index (χ1v) is 9.51. The van der Waals surface area contributed by atoms with E-state index in [2.05, 4.69) is 59.0 Å². The largest absolute Gasteiger partial charge is 0.339 e. The fraction of sp³-hybridized carbons (Fsp3) is 0.476. The van der Waals surface area contributed by atoms with E-state index in [-0.39, 0.29) is 0 Å². The Morgan fingerprint density at radius 3 is 2.73 bits per heavy atom. The maximum atomic E-state index is 5.51. The number of rotatable bonds is 4. The van der Waals surface area contributed by atoms with E-state index in [1.54, 1.807) is 0 Å². The summed E-state index contributed by atoms with van der Waals surface area (Å²) in [6.07, 6.45) is 4.01. The highest BCUT2D eigenvalue weighted by Crippen LogP contribution is 2.30. The molecule has 0 atom stereocenters. The Morgan fingerprint density at radius 1 is 1.19 bits per heavy atom. The second-order valence-corrected chi connectivity index (χ2v) is 7.63. The van der Waals surface area contributed by atoms with Gasteiger partial charge in [0.25, 0.3) is 0 Å². The second-order valence-electron chi connectivity index (χ2n) is 7.63. The standard InChI is InChI=1S/C21H26N4O/c1-14(2)20-23-21(26-24-20)16-8-11-25(12-9-16)13-18-15(3)6-7-19-17(18)5-4-10-22-19/h4-7,10,14,16H,8-9,11-13H2,1-3H3. The zero-order valence-electron chi connectivity index (χ0n) is 15.8. The number of aromatic nitrogens is 3. The quantitative estimate of drug-likeness (QED) is 0.697. The number of pyridine rings is 1. The first-order chi connectivity index (χ1) is 12.6. The zero-order chi connectivity index (χ0) is 18.1. The first kappa shape index (κ1) is 17.2. The van der Waals surface area contributed by atoms with Crippen LogP contribution in [-0.2, 0) is 6.54 Å². The van der Waals surface area contributed by atoms with Crippen molar-refractivity contribution in [3.63, 3.8) is 0 Å². The van der Waals surface area contributed by atoms with Gasteiger partial charge in [-0.2, -0.15) is 4.98 Å². The molecule has 5 heteroatoms. The van der Waals surface area contributed by atoms with E-state index in [1.807, 2.05) is 12.3 Å². The Morgan fingerprint density at radius 2 is 2.00 bits per heavy atom. The molecule has 0 saturated carbocycles. The first-order valence-electron chi connectivity index (χ1n) is 9.51.